The molecule has 0 aromatic heterocycles. The zero-order valence-electron chi connectivity index (χ0n) is 11.2. The molecule has 1 aliphatic heterocycles. The van der Waals surface area contributed by atoms with E-state index < -0.39 is 8.32 Å². The quantitative estimate of drug-likeness (QED) is 0.695. The van der Waals surface area contributed by atoms with Gasteiger partial charge in [-0.15, -0.1) is 0 Å². The van der Waals surface area contributed by atoms with E-state index >= 15 is 0 Å². The molecule has 92 valence electrons. The minimum Gasteiger partial charge on any atom is -0.495 e. The van der Waals surface area contributed by atoms with Gasteiger partial charge in [0, 0.05) is 6.42 Å². The minimum absolute atomic E-state index is 0.183. The van der Waals surface area contributed by atoms with E-state index in [1.54, 1.807) is 6.26 Å². The minimum atomic E-state index is -1.63. The van der Waals surface area contributed by atoms with Crippen molar-refractivity contribution in [2.75, 3.05) is 6.61 Å². The van der Waals surface area contributed by atoms with Crippen LogP contribution in [0.4, 0.5) is 0 Å². The molecule has 0 radical (unpaired) electrons. The van der Waals surface area contributed by atoms with Gasteiger partial charge in [-0.25, -0.2) is 0 Å². The van der Waals surface area contributed by atoms with Crippen LogP contribution < -0.4 is 0 Å². The molecule has 1 aliphatic rings. The highest BCUT2D eigenvalue weighted by molar-refractivity contribution is 6.74. The van der Waals surface area contributed by atoms with Crippen molar-refractivity contribution >= 4 is 8.32 Å². The summed E-state index contributed by atoms with van der Waals surface area (Å²) < 4.78 is 11.6. The molecule has 0 aromatic rings. The van der Waals surface area contributed by atoms with Crippen molar-refractivity contribution in [3.8, 4) is 0 Å². The Kier molecular flexibility index (Phi) is 4.02. The van der Waals surface area contributed by atoms with Crippen LogP contribution >= 0.6 is 0 Å². The lowest BCUT2D eigenvalue weighted by Crippen LogP contribution is -2.42. The molecule has 1 heterocycles. The highest BCUT2D eigenvalue weighted by Crippen LogP contribution is 2.37. The summed E-state index contributed by atoms with van der Waals surface area (Å²) in [6.07, 6.45) is 4.76. The Hall–Kier alpha value is -0.543. The van der Waals surface area contributed by atoms with Gasteiger partial charge >= 0.3 is 0 Å². The smallest absolute Gasteiger partial charge is 0.192 e. The second kappa shape index (κ2) is 4.76. The van der Waals surface area contributed by atoms with Crippen LogP contribution in [0.1, 0.15) is 27.2 Å². The molecule has 0 saturated heterocycles. The SMILES string of the molecule is C=CC1=CO[C@@H](CO[Si](C)(C)C(C)(C)C)C1. The average molecular weight is 240 g/mol. The molecule has 3 heteroatoms. The third-order valence-electron chi connectivity index (χ3n) is 3.57. The zero-order valence-corrected chi connectivity index (χ0v) is 12.2. The topological polar surface area (TPSA) is 18.5 Å². The zero-order chi connectivity index (χ0) is 12.4. The summed E-state index contributed by atoms with van der Waals surface area (Å²) in [5.41, 5.74) is 1.17. The van der Waals surface area contributed by atoms with E-state index in [0.717, 1.165) is 6.42 Å². The Labute approximate surface area is 100 Å². The van der Waals surface area contributed by atoms with E-state index in [1.807, 2.05) is 6.08 Å². The van der Waals surface area contributed by atoms with Gasteiger partial charge in [0.05, 0.1) is 12.9 Å². The molecule has 1 atom stereocenters. The van der Waals surface area contributed by atoms with Gasteiger partial charge in [-0.2, -0.15) is 0 Å². The lowest BCUT2D eigenvalue weighted by molar-refractivity contribution is 0.101. The van der Waals surface area contributed by atoms with E-state index in [4.69, 9.17) is 9.16 Å². The van der Waals surface area contributed by atoms with Crippen LogP contribution in [-0.2, 0) is 9.16 Å². The average Bonchev–Trinajstić information content (AvgIpc) is 2.60. The molecule has 0 amide bonds. The predicted octanol–water partition coefficient (Wildman–Crippen LogP) is 3.87. The van der Waals surface area contributed by atoms with Crippen molar-refractivity contribution in [2.24, 2.45) is 0 Å². The second-order valence-electron chi connectivity index (χ2n) is 5.93. The van der Waals surface area contributed by atoms with Crippen LogP contribution in [0.25, 0.3) is 0 Å². The second-order valence-corrected chi connectivity index (χ2v) is 10.7. The fourth-order valence-corrected chi connectivity index (χ4v) is 2.33. The molecular weight excluding hydrogens is 216 g/mol. The number of hydrogen-bond donors (Lipinski definition) is 0. The Morgan fingerprint density at radius 1 is 1.56 bits per heavy atom. The molecule has 1 rings (SSSR count). The van der Waals surface area contributed by atoms with Crippen LogP contribution in [0, 0.1) is 0 Å². The molecule has 0 aromatic carbocycles. The lowest BCUT2D eigenvalue weighted by Gasteiger charge is -2.36. The highest BCUT2D eigenvalue weighted by atomic mass is 28.4. The van der Waals surface area contributed by atoms with Crippen LogP contribution in [0.5, 0.6) is 0 Å². The first kappa shape index (κ1) is 13.5. The summed E-state index contributed by atoms with van der Waals surface area (Å²) in [7, 11) is -1.63. The van der Waals surface area contributed by atoms with Gasteiger partial charge in [-0.1, -0.05) is 33.4 Å². The van der Waals surface area contributed by atoms with Crippen LogP contribution in [-0.4, -0.2) is 21.0 Å². The van der Waals surface area contributed by atoms with Crippen molar-refractivity contribution in [1.82, 2.24) is 0 Å². The maximum absolute atomic E-state index is 6.12. The summed E-state index contributed by atoms with van der Waals surface area (Å²) in [6, 6.07) is 0. The van der Waals surface area contributed by atoms with Crippen LogP contribution in [0.2, 0.25) is 18.1 Å². The molecule has 16 heavy (non-hydrogen) atoms. The highest BCUT2D eigenvalue weighted by Gasteiger charge is 2.37. The molecule has 0 saturated carbocycles. The van der Waals surface area contributed by atoms with Crippen molar-refractivity contribution in [2.45, 2.75) is 51.4 Å². The first-order chi connectivity index (χ1) is 7.26. The molecular formula is C13H24O2Si. The Balaban J connectivity index is 2.40. The molecule has 2 nitrogen and oxygen atoms in total. The first-order valence-corrected chi connectivity index (χ1v) is 8.78. The van der Waals surface area contributed by atoms with Crippen molar-refractivity contribution in [3.63, 3.8) is 0 Å². The van der Waals surface area contributed by atoms with Gasteiger partial charge in [0.25, 0.3) is 0 Å². The van der Waals surface area contributed by atoms with E-state index in [0.29, 0.717) is 6.61 Å². The maximum atomic E-state index is 6.12. The van der Waals surface area contributed by atoms with Crippen molar-refractivity contribution < 1.29 is 9.16 Å². The predicted molar refractivity (Wildman–Crippen MR) is 70.9 cm³/mol. The van der Waals surface area contributed by atoms with Gasteiger partial charge in [0.1, 0.15) is 6.10 Å². The fourth-order valence-electron chi connectivity index (χ4n) is 1.29. The van der Waals surface area contributed by atoms with Crippen LogP contribution in [0.15, 0.2) is 24.5 Å². The molecule has 0 aliphatic carbocycles. The summed E-state index contributed by atoms with van der Waals surface area (Å²) in [6.45, 7) is 15.7. The molecule has 0 fully saturated rings. The Morgan fingerprint density at radius 2 is 2.19 bits per heavy atom. The van der Waals surface area contributed by atoms with Crippen LogP contribution in [0.3, 0.4) is 0 Å². The third kappa shape index (κ3) is 3.22. The van der Waals surface area contributed by atoms with Gasteiger partial charge in [0.15, 0.2) is 8.32 Å². The molecule has 0 N–H and O–H groups in total. The standard InChI is InChI=1S/C13H24O2Si/c1-7-11-8-12(14-9-11)10-15-16(5,6)13(2,3)4/h7,9,12H,1,8,10H2,2-6H3/t12-/m1/s1. The number of ether oxygens (including phenoxy) is 1. The Morgan fingerprint density at radius 3 is 2.62 bits per heavy atom. The first-order valence-electron chi connectivity index (χ1n) is 5.87. The van der Waals surface area contributed by atoms with Crippen molar-refractivity contribution in [1.29, 1.82) is 0 Å². The van der Waals surface area contributed by atoms with Gasteiger partial charge < -0.3 is 9.16 Å². The van der Waals surface area contributed by atoms with E-state index in [2.05, 4.69) is 40.4 Å². The summed E-state index contributed by atoms with van der Waals surface area (Å²) in [4.78, 5) is 0. The monoisotopic (exact) mass is 240 g/mol. The Bertz CT molecular complexity index is 287. The normalized spacial score (nSPS) is 21.6. The van der Waals surface area contributed by atoms with E-state index in [9.17, 15) is 0 Å². The third-order valence-corrected chi connectivity index (χ3v) is 8.07. The van der Waals surface area contributed by atoms with Gasteiger partial charge in [0.2, 0.25) is 0 Å². The van der Waals surface area contributed by atoms with E-state index in [-0.39, 0.29) is 11.1 Å². The van der Waals surface area contributed by atoms with Crippen molar-refractivity contribution in [3.05, 3.63) is 24.5 Å². The van der Waals surface area contributed by atoms with Gasteiger partial charge in [-0.05, 0) is 23.7 Å². The molecule has 0 spiro atoms. The van der Waals surface area contributed by atoms with Gasteiger partial charge in [-0.3, -0.25) is 0 Å². The summed E-state index contributed by atoms with van der Waals surface area (Å²) in [5.74, 6) is 0. The summed E-state index contributed by atoms with van der Waals surface area (Å²) in [5, 5.41) is 0.264. The van der Waals surface area contributed by atoms with E-state index in [1.165, 1.54) is 5.57 Å². The molecule has 0 bridgehead atoms. The number of rotatable bonds is 4. The lowest BCUT2D eigenvalue weighted by atomic mass is 10.2. The maximum Gasteiger partial charge on any atom is 0.192 e. The number of allylic oxidation sites excluding steroid dienone is 1. The largest absolute Gasteiger partial charge is 0.495 e. The fraction of sp³-hybridized carbons (Fsp3) is 0.692. The number of hydrogen-bond acceptors (Lipinski definition) is 2. The molecule has 0 unspecified atom stereocenters. The summed E-state index contributed by atoms with van der Waals surface area (Å²) >= 11 is 0.